The van der Waals surface area contributed by atoms with Crippen molar-refractivity contribution >= 4 is 11.8 Å². The number of hydrogen-bond acceptors (Lipinski definition) is 6. The van der Waals surface area contributed by atoms with Crippen LogP contribution >= 0.6 is 11.8 Å². The Balaban J connectivity index is 1.69. The molecule has 0 aliphatic carbocycles. The first-order valence-electron chi connectivity index (χ1n) is 6.58. The molecule has 0 saturated carbocycles. The lowest BCUT2D eigenvalue weighted by Gasteiger charge is -2.10. The topological polar surface area (TPSA) is 73.1 Å². The Kier molecular flexibility index (Phi) is 3.88. The molecule has 1 fully saturated rings. The maximum Gasteiger partial charge on any atom is 0.214 e. The molecular formula is C13H16N4O2S. The van der Waals surface area contributed by atoms with Crippen LogP contribution in [0.2, 0.25) is 0 Å². The Labute approximate surface area is 121 Å². The van der Waals surface area contributed by atoms with Gasteiger partial charge in [0.15, 0.2) is 0 Å². The van der Waals surface area contributed by atoms with Gasteiger partial charge in [0.1, 0.15) is 5.75 Å². The van der Waals surface area contributed by atoms with Gasteiger partial charge in [0.25, 0.3) is 0 Å². The van der Waals surface area contributed by atoms with E-state index in [2.05, 4.69) is 22.4 Å². The van der Waals surface area contributed by atoms with Gasteiger partial charge in [0, 0.05) is 5.75 Å². The molecule has 0 amide bonds. The number of hydrogen-bond donors (Lipinski definition) is 1. The van der Waals surface area contributed by atoms with Crippen molar-refractivity contribution in [2.75, 3.05) is 5.75 Å². The minimum atomic E-state index is 0.226. The van der Waals surface area contributed by atoms with Crippen LogP contribution in [0.5, 0.6) is 5.75 Å². The molecule has 20 heavy (non-hydrogen) atoms. The molecule has 1 aliphatic heterocycles. The molecule has 1 aromatic heterocycles. The van der Waals surface area contributed by atoms with Gasteiger partial charge in [-0.25, -0.2) is 0 Å². The van der Waals surface area contributed by atoms with Gasteiger partial charge < -0.3 is 9.84 Å². The SMILES string of the molecule is CC1CCC(CSc2nnnn2-c2ccc(O)cc2)O1. The smallest absolute Gasteiger partial charge is 0.214 e. The molecule has 1 aromatic carbocycles. The van der Waals surface area contributed by atoms with E-state index in [0.717, 1.165) is 29.4 Å². The molecule has 0 spiro atoms. The minimum Gasteiger partial charge on any atom is -0.508 e. The van der Waals surface area contributed by atoms with Crippen molar-refractivity contribution in [2.24, 2.45) is 0 Å². The molecule has 2 aromatic rings. The van der Waals surface area contributed by atoms with Crippen LogP contribution in [0, 0.1) is 0 Å². The third-order valence-electron chi connectivity index (χ3n) is 3.25. The second kappa shape index (κ2) is 5.80. The summed E-state index contributed by atoms with van der Waals surface area (Å²) in [6.45, 7) is 2.10. The summed E-state index contributed by atoms with van der Waals surface area (Å²) < 4.78 is 7.46. The van der Waals surface area contributed by atoms with E-state index in [9.17, 15) is 5.11 Å². The van der Waals surface area contributed by atoms with Crippen molar-refractivity contribution in [2.45, 2.75) is 37.1 Å². The monoisotopic (exact) mass is 292 g/mol. The first-order valence-corrected chi connectivity index (χ1v) is 7.57. The Hall–Kier alpha value is -1.60. The van der Waals surface area contributed by atoms with E-state index in [1.54, 1.807) is 40.7 Å². The predicted octanol–water partition coefficient (Wildman–Crippen LogP) is 2.03. The van der Waals surface area contributed by atoms with Crippen molar-refractivity contribution in [3.05, 3.63) is 24.3 Å². The molecule has 7 heteroatoms. The van der Waals surface area contributed by atoms with E-state index in [-0.39, 0.29) is 11.9 Å². The zero-order valence-corrected chi connectivity index (χ0v) is 12.0. The molecule has 1 N–H and O–H groups in total. The second-order valence-corrected chi connectivity index (χ2v) is 5.83. The van der Waals surface area contributed by atoms with Crippen molar-refractivity contribution in [3.8, 4) is 11.4 Å². The summed E-state index contributed by atoms with van der Waals surface area (Å²) in [5.41, 5.74) is 0.830. The van der Waals surface area contributed by atoms with Crippen LogP contribution in [-0.4, -0.2) is 43.3 Å². The average molecular weight is 292 g/mol. The van der Waals surface area contributed by atoms with Crippen LogP contribution < -0.4 is 0 Å². The van der Waals surface area contributed by atoms with E-state index in [4.69, 9.17) is 4.74 Å². The number of tetrazole rings is 1. The molecular weight excluding hydrogens is 276 g/mol. The summed E-state index contributed by atoms with van der Waals surface area (Å²) in [6.07, 6.45) is 2.84. The standard InChI is InChI=1S/C13H16N4O2S/c1-9-2-7-12(19-9)8-20-13-14-15-16-17(13)10-3-5-11(18)6-4-10/h3-6,9,12,18H,2,7-8H2,1H3. The van der Waals surface area contributed by atoms with E-state index in [0.29, 0.717) is 6.10 Å². The molecule has 2 atom stereocenters. The Morgan fingerprint density at radius 2 is 2.15 bits per heavy atom. The van der Waals surface area contributed by atoms with Crippen LogP contribution in [0.25, 0.3) is 5.69 Å². The highest BCUT2D eigenvalue weighted by molar-refractivity contribution is 7.99. The highest BCUT2D eigenvalue weighted by Gasteiger charge is 2.22. The van der Waals surface area contributed by atoms with Crippen LogP contribution in [0.4, 0.5) is 0 Å². The molecule has 2 heterocycles. The molecule has 0 bridgehead atoms. The number of nitrogens with zero attached hydrogens (tertiary/aromatic N) is 4. The number of ether oxygens (including phenoxy) is 1. The fourth-order valence-corrected chi connectivity index (χ4v) is 3.14. The van der Waals surface area contributed by atoms with Gasteiger partial charge in [-0.3, -0.25) is 0 Å². The van der Waals surface area contributed by atoms with Crippen molar-refractivity contribution in [1.82, 2.24) is 20.2 Å². The van der Waals surface area contributed by atoms with Crippen LogP contribution in [0.1, 0.15) is 19.8 Å². The van der Waals surface area contributed by atoms with Gasteiger partial charge >= 0.3 is 0 Å². The van der Waals surface area contributed by atoms with E-state index in [1.165, 1.54) is 0 Å². The third-order valence-corrected chi connectivity index (χ3v) is 4.30. The van der Waals surface area contributed by atoms with E-state index >= 15 is 0 Å². The van der Waals surface area contributed by atoms with Gasteiger partial charge in [-0.15, -0.1) is 5.10 Å². The quantitative estimate of drug-likeness (QED) is 0.869. The summed E-state index contributed by atoms with van der Waals surface area (Å²) >= 11 is 1.59. The molecule has 1 aliphatic rings. The summed E-state index contributed by atoms with van der Waals surface area (Å²) in [4.78, 5) is 0. The highest BCUT2D eigenvalue weighted by atomic mass is 32.2. The van der Waals surface area contributed by atoms with Gasteiger partial charge in [0.2, 0.25) is 5.16 Å². The Morgan fingerprint density at radius 1 is 1.35 bits per heavy atom. The molecule has 1 saturated heterocycles. The molecule has 106 valence electrons. The number of benzene rings is 1. The molecule has 2 unspecified atom stereocenters. The lowest BCUT2D eigenvalue weighted by molar-refractivity contribution is 0.0699. The highest BCUT2D eigenvalue weighted by Crippen LogP contribution is 2.26. The normalized spacial score (nSPS) is 22.2. The zero-order valence-electron chi connectivity index (χ0n) is 11.1. The lowest BCUT2D eigenvalue weighted by Crippen LogP contribution is -2.11. The molecule has 0 radical (unpaired) electrons. The zero-order chi connectivity index (χ0) is 13.9. The summed E-state index contributed by atoms with van der Waals surface area (Å²) in [5, 5.41) is 21.8. The molecule has 6 nitrogen and oxygen atoms in total. The number of aromatic nitrogens is 4. The van der Waals surface area contributed by atoms with Crippen LogP contribution in [-0.2, 0) is 4.74 Å². The van der Waals surface area contributed by atoms with Gasteiger partial charge in [-0.05, 0) is 54.5 Å². The Bertz CT molecular complexity index is 572. The third kappa shape index (κ3) is 2.94. The van der Waals surface area contributed by atoms with Crippen LogP contribution in [0.3, 0.4) is 0 Å². The summed E-state index contributed by atoms with van der Waals surface area (Å²) in [7, 11) is 0. The van der Waals surface area contributed by atoms with E-state index < -0.39 is 0 Å². The van der Waals surface area contributed by atoms with Gasteiger partial charge in [-0.1, -0.05) is 11.8 Å². The first kappa shape index (κ1) is 13.4. The van der Waals surface area contributed by atoms with Crippen molar-refractivity contribution in [1.29, 1.82) is 0 Å². The summed E-state index contributed by atoms with van der Waals surface area (Å²) in [5.74, 6) is 1.08. The Morgan fingerprint density at radius 3 is 2.85 bits per heavy atom. The number of phenols is 1. The number of rotatable bonds is 4. The summed E-state index contributed by atoms with van der Waals surface area (Å²) in [6, 6.07) is 6.80. The molecule has 3 rings (SSSR count). The van der Waals surface area contributed by atoms with Crippen molar-refractivity contribution in [3.63, 3.8) is 0 Å². The van der Waals surface area contributed by atoms with E-state index in [1.807, 2.05) is 0 Å². The number of aromatic hydroxyl groups is 1. The van der Waals surface area contributed by atoms with Crippen molar-refractivity contribution < 1.29 is 9.84 Å². The predicted molar refractivity (Wildman–Crippen MR) is 75.1 cm³/mol. The number of thioether (sulfide) groups is 1. The van der Waals surface area contributed by atoms with Gasteiger partial charge in [0.05, 0.1) is 17.9 Å². The maximum absolute atomic E-state index is 9.31. The van der Waals surface area contributed by atoms with Crippen LogP contribution in [0.15, 0.2) is 29.4 Å². The fraction of sp³-hybridized carbons (Fsp3) is 0.462. The average Bonchev–Trinajstić information content (AvgIpc) is 3.06. The minimum absolute atomic E-state index is 0.226. The lowest BCUT2D eigenvalue weighted by atomic mass is 10.2. The van der Waals surface area contributed by atoms with Gasteiger partial charge in [-0.2, -0.15) is 4.68 Å². The maximum atomic E-state index is 9.31. The first-order chi connectivity index (χ1) is 9.72. The largest absolute Gasteiger partial charge is 0.508 e. The fourth-order valence-electron chi connectivity index (χ4n) is 2.20. The second-order valence-electron chi connectivity index (χ2n) is 4.85. The number of phenolic OH excluding ortho intramolecular Hbond substituents is 1.